The maximum atomic E-state index is 11.9. The molecule has 0 spiro atoms. The summed E-state index contributed by atoms with van der Waals surface area (Å²) < 4.78 is 0. The van der Waals surface area contributed by atoms with E-state index in [9.17, 15) is 4.79 Å². The molecule has 4 nitrogen and oxygen atoms in total. The maximum Gasteiger partial charge on any atom is 0.238 e. The molecule has 6 heteroatoms. The molecule has 0 unspecified atom stereocenters. The van der Waals surface area contributed by atoms with Crippen molar-refractivity contribution in [2.24, 2.45) is 0 Å². The predicted octanol–water partition coefficient (Wildman–Crippen LogP) is 3.68. The SMILES string of the molecule is C[C@@H](NCC(=O)Nc1c(Cl)cccc1Cl)c1cccnc1. The molecular formula is C15H15Cl2N3O. The van der Waals surface area contributed by atoms with E-state index in [4.69, 9.17) is 23.2 Å². The third-order valence-corrected chi connectivity index (χ3v) is 3.61. The number of carbonyl (C=O) groups is 1. The maximum absolute atomic E-state index is 11.9. The van der Waals surface area contributed by atoms with Crippen LogP contribution in [0.25, 0.3) is 0 Å². The van der Waals surface area contributed by atoms with E-state index in [1.54, 1.807) is 30.6 Å². The highest BCUT2D eigenvalue weighted by atomic mass is 35.5. The fourth-order valence-electron chi connectivity index (χ4n) is 1.80. The zero-order valence-corrected chi connectivity index (χ0v) is 12.9. The molecular weight excluding hydrogens is 309 g/mol. The van der Waals surface area contributed by atoms with Crippen molar-refractivity contribution >= 4 is 34.8 Å². The summed E-state index contributed by atoms with van der Waals surface area (Å²) in [6.07, 6.45) is 3.48. The second kappa shape index (κ2) is 7.41. The third-order valence-electron chi connectivity index (χ3n) is 2.98. The molecule has 21 heavy (non-hydrogen) atoms. The van der Waals surface area contributed by atoms with Crippen LogP contribution in [0.3, 0.4) is 0 Å². The molecule has 1 heterocycles. The number of nitrogens with zero attached hydrogens (tertiary/aromatic N) is 1. The number of pyridine rings is 1. The topological polar surface area (TPSA) is 54.0 Å². The average molecular weight is 324 g/mol. The van der Waals surface area contributed by atoms with Crippen LogP contribution in [-0.4, -0.2) is 17.4 Å². The molecule has 1 aromatic heterocycles. The van der Waals surface area contributed by atoms with Gasteiger partial charge in [-0.1, -0.05) is 35.3 Å². The first-order valence-electron chi connectivity index (χ1n) is 6.45. The van der Waals surface area contributed by atoms with Crippen LogP contribution in [0, 0.1) is 0 Å². The van der Waals surface area contributed by atoms with Gasteiger partial charge < -0.3 is 10.6 Å². The van der Waals surface area contributed by atoms with Gasteiger partial charge in [0.15, 0.2) is 0 Å². The second-order valence-corrected chi connectivity index (χ2v) is 5.35. The van der Waals surface area contributed by atoms with E-state index in [-0.39, 0.29) is 18.5 Å². The van der Waals surface area contributed by atoms with Crippen LogP contribution in [0.2, 0.25) is 10.0 Å². The number of hydrogen-bond acceptors (Lipinski definition) is 3. The van der Waals surface area contributed by atoms with Gasteiger partial charge in [-0.05, 0) is 30.7 Å². The highest BCUT2D eigenvalue weighted by Gasteiger charge is 2.11. The summed E-state index contributed by atoms with van der Waals surface area (Å²) in [5, 5.41) is 6.65. The Bertz CT molecular complexity index is 599. The first-order chi connectivity index (χ1) is 10.1. The molecule has 1 atom stereocenters. The van der Waals surface area contributed by atoms with Crippen LogP contribution in [0.5, 0.6) is 0 Å². The van der Waals surface area contributed by atoms with E-state index >= 15 is 0 Å². The number of para-hydroxylation sites is 1. The molecule has 0 aliphatic carbocycles. The van der Waals surface area contributed by atoms with Gasteiger partial charge in [0, 0.05) is 18.4 Å². The Labute approximate surface area is 133 Å². The summed E-state index contributed by atoms with van der Waals surface area (Å²) in [7, 11) is 0. The van der Waals surface area contributed by atoms with Gasteiger partial charge in [0.2, 0.25) is 5.91 Å². The monoisotopic (exact) mass is 323 g/mol. The first-order valence-corrected chi connectivity index (χ1v) is 7.20. The lowest BCUT2D eigenvalue weighted by Gasteiger charge is -2.14. The van der Waals surface area contributed by atoms with Gasteiger partial charge >= 0.3 is 0 Å². The highest BCUT2D eigenvalue weighted by molar-refractivity contribution is 6.39. The quantitative estimate of drug-likeness (QED) is 0.882. The Morgan fingerprint density at radius 3 is 2.57 bits per heavy atom. The van der Waals surface area contributed by atoms with Crippen molar-refractivity contribution in [3.8, 4) is 0 Å². The molecule has 0 aliphatic heterocycles. The summed E-state index contributed by atoms with van der Waals surface area (Å²) in [5.41, 5.74) is 1.45. The number of carbonyl (C=O) groups excluding carboxylic acids is 1. The van der Waals surface area contributed by atoms with Crippen molar-refractivity contribution in [1.29, 1.82) is 0 Å². The van der Waals surface area contributed by atoms with Gasteiger partial charge in [-0.2, -0.15) is 0 Å². The van der Waals surface area contributed by atoms with Crippen molar-refractivity contribution < 1.29 is 4.79 Å². The van der Waals surface area contributed by atoms with E-state index in [2.05, 4.69) is 15.6 Å². The van der Waals surface area contributed by atoms with Crippen LogP contribution in [0.15, 0.2) is 42.7 Å². The Balaban J connectivity index is 1.91. The fourth-order valence-corrected chi connectivity index (χ4v) is 2.29. The first kappa shape index (κ1) is 15.8. The summed E-state index contributed by atoms with van der Waals surface area (Å²) in [4.78, 5) is 16.0. The van der Waals surface area contributed by atoms with Gasteiger partial charge in [0.25, 0.3) is 0 Å². The Kier molecular flexibility index (Phi) is 5.56. The average Bonchev–Trinajstić information content (AvgIpc) is 2.49. The van der Waals surface area contributed by atoms with Crippen LogP contribution >= 0.6 is 23.2 Å². The number of aromatic nitrogens is 1. The minimum atomic E-state index is -0.208. The standard InChI is InChI=1S/C15H15Cl2N3O/c1-10(11-4-3-7-18-8-11)19-9-14(21)20-15-12(16)5-2-6-13(15)17/h2-8,10,19H,9H2,1H3,(H,20,21)/t10-/m1/s1. The number of amides is 1. The Hall–Kier alpha value is -1.62. The normalized spacial score (nSPS) is 12.0. The van der Waals surface area contributed by atoms with Gasteiger partial charge in [-0.15, -0.1) is 0 Å². The number of benzene rings is 1. The number of hydrogen-bond donors (Lipinski definition) is 2. The molecule has 0 saturated heterocycles. The number of nitrogens with one attached hydrogen (secondary N) is 2. The van der Waals surface area contributed by atoms with Crippen LogP contribution in [0.1, 0.15) is 18.5 Å². The largest absolute Gasteiger partial charge is 0.322 e. The van der Waals surface area contributed by atoms with Crippen LogP contribution < -0.4 is 10.6 Å². The highest BCUT2D eigenvalue weighted by Crippen LogP contribution is 2.29. The molecule has 110 valence electrons. The van der Waals surface area contributed by atoms with E-state index in [1.807, 2.05) is 19.1 Å². The van der Waals surface area contributed by atoms with Crippen molar-refractivity contribution in [3.63, 3.8) is 0 Å². The third kappa shape index (κ3) is 4.43. The van der Waals surface area contributed by atoms with Crippen molar-refractivity contribution in [1.82, 2.24) is 10.3 Å². The minimum absolute atomic E-state index is 0.0196. The zero-order chi connectivity index (χ0) is 15.2. The summed E-state index contributed by atoms with van der Waals surface area (Å²) in [5.74, 6) is -0.208. The van der Waals surface area contributed by atoms with E-state index in [1.165, 1.54) is 0 Å². The smallest absolute Gasteiger partial charge is 0.238 e. The van der Waals surface area contributed by atoms with Crippen molar-refractivity contribution in [3.05, 3.63) is 58.3 Å². The molecule has 0 fully saturated rings. The van der Waals surface area contributed by atoms with E-state index in [0.29, 0.717) is 15.7 Å². The van der Waals surface area contributed by atoms with Crippen LogP contribution in [0.4, 0.5) is 5.69 Å². The van der Waals surface area contributed by atoms with Gasteiger partial charge in [-0.25, -0.2) is 0 Å². The number of anilines is 1. The molecule has 2 aromatic rings. The lowest BCUT2D eigenvalue weighted by Crippen LogP contribution is -2.30. The van der Waals surface area contributed by atoms with Gasteiger partial charge in [0.05, 0.1) is 22.3 Å². The zero-order valence-electron chi connectivity index (χ0n) is 11.4. The molecule has 0 aliphatic rings. The second-order valence-electron chi connectivity index (χ2n) is 4.53. The molecule has 2 N–H and O–H groups in total. The predicted molar refractivity (Wildman–Crippen MR) is 85.7 cm³/mol. The molecule has 2 rings (SSSR count). The van der Waals surface area contributed by atoms with Crippen molar-refractivity contribution in [2.45, 2.75) is 13.0 Å². The van der Waals surface area contributed by atoms with Gasteiger partial charge in [-0.3, -0.25) is 9.78 Å². The minimum Gasteiger partial charge on any atom is -0.322 e. The Morgan fingerprint density at radius 1 is 1.24 bits per heavy atom. The molecule has 0 bridgehead atoms. The summed E-state index contributed by atoms with van der Waals surface area (Å²) >= 11 is 12.0. The lowest BCUT2D eigenvalue weighted by molar-refractivity contribution is -0.115. The molecule has 0 saturated carbocycles. The summed E-state index contributed by atoms with van der Waals surface area (Å²) in [6, 6.07) is 8.91. The number of halogens is 2. The summed E-state index contributed by atoms with van der Waals surface area (Å²) in [6.45, 7) is 2.12. The van der Waals surface area contributed by atoms with Gasteiger partial charge in [0.1, 0.15) is 0 Å². The molecule has 1 amide bonds. The van der Waals surface area contributed by atoms with Crippen LogP contribution in [-0.2, 0) is 4.79 Å². The van der Waals surface area contributed by atoms with E-state index < -0.39 is 0 Å². The lowest BCUT2D eigenvalue weighted by atomic mass is 10.1. The Morgan fingerprint density at radius 2 is 1.95 bits per heavy atom. The van der Waals surface area contributed by atoms with E-state index in [0.717, 1.165) is 5.56 Å². The molecule has 0 radical (unpaired) electrons. The molecule has 1 aromatic carbocycles. The number of rotatable bonds is 5. The van der Waals surface area contributed by atoms with Crippen molar-refractivity contribution in [2.75, 3.05) is 11.9 Å². The fraction of sp³-hybridized carbons (Fsp3) is 0.200.